The largest absolute Gasteiger partial charge is 0.496 e. The number of hydrogen-bond donors (Lipinski definition) is 1. The first kappa shape index (κ1) is 20.6. The van der Waals surface area contributed by atoms with Gasteiger partial charge in [-0.05, 0) is 42.8 Å². The van der Waals surface area contributed by atoms with Crippen molar-refractivity contribution in [3.05, 3.63) is 60.2 Å². The van der Waals surface area contributed by atoms with Crippen LogP contribution in [0.25, 0.3) is 6.08 Å². The molecule has 0 saturated heterocycles. The quantitative estimate of drug-likeness (QED) is 0.409. The third-order valence-electron chi connectivity index (χ3n) is 4.19. The van der Waals surface area contributed by atoms with Crippen molar-refractivity contribution in [3.63, 3.8) is 0 Å². The Morgan fingerprint density at radius 1 is 1.00 bits per heavy atom. The molecule has 0 bridgehead atoms. The summed E-state index contributed by atoms with van der Waals surface area (Å²) in [4.78, 5) is 12.1. The maximum absolute atomic E-state index is 12.1. The first-order valence-corrected chi connectivity index (χ1v) is 9.58. The molecule has 0 aliphatic heterocycles. The van der Waals surface area contributed by atoms with Crippen LogP contribution in [0.5, 0.6) is 11.5 Å². The monoisotopic (exact) mass is 367 g/mol. The number of rotatable bonds is 11. The molecular formula is C23H29NO3. The molecule has 0 atom stereocenters. The Hall–Kier alpha value is -2.75. The summed E-state index contributed by atoms with van der Waals surface area (Å²) in [7, 11) is 1.61. The maximum Gasteiger partial charge on any atom is 0.248 e. The van der Waals surface area contributed by atoms with E-state index in [0.29, 0.717) is 0 Å². The fourth-order valence-corrected chi connectivity index (χ4v) is 2.68. The van der Waals surface area contributed by atoms with E-state index in [4.69, 9.17) is 9.47 Å². The van der Waals surface area contributed by atoms with Crippen LogP contribution in [0.15, 0.2) is 54.6 Å². The van der Waals surface area contributed by atoms with Gasteiger partial charge in [-0.3, -0.25) is 4.79 Å². The van der Waals surface area contributed by atoms with E-state index in [0.717, 1.165) is 35.8 Å². The van der Waals surface area contributed by atoms with Gasteiger partial charge in [0.05, 0.1) is 13.7 Å². The minimum Gasteiger partial charge on any atom is -0.496 e. The van der Waals surface area contributed by atoms with E-state index in [9.17, 15) is 4.79 Å². The van der Waals surface area contributed by atoms with Crippen LogP contribution in [-0.4, -0.2) is 19.6 Å². The summed E-state index contributed by atoms with van der Waals surface area (Å²) in [6, 6.07) is 15.0. The minimum absolute atomic E-state index is 0.189. The van der Waals surface area contributed by atoms with Crippen LogP contribution in [0, 0.1) is 0 Å². The van der Waals surface area contributed by atoms with E-state index in [2.05, 4.69) is 12.2 Å². The van der Waals surface area contributed by atoms with Crippen LogP contribution in [0.4, 0.5) is 5.69 Å². The lowest BCUT2D eigenvalue weighted by molar-refractivity contribution is -0.111. The molecule has 27 heavy (non-hydrogen) atoms. The summed E-state index contributed by atoms with van der Waals surface area (Å²) in [5.74, 6) is 1.37. The second-order valence-electron chi connectivity index (χ2n) is 6.35. The van der Waals surface area contributed by atoms with Gasteiger partial charge in [0.25, 0.3) is 0 Å². The van der Waals surface area contributed by atoms with Gasteiger partial charge in [0.2, 0.25) is 5.91 Å². The Bertz CT molecular complexity index is 723. The van der Waals surface area contributed by atoms with Crippen LogP contribution in [-0.2, 0) is 4.79 Å². The summed E-state index contributed by atoms with van der Waals surface area (Å²) < 4.78 is 11.0. The molecular weight excluding hydrogens is 338 g/mol. The summed E-state index contributed by atoms with van der Waals surface area (Å²) in [5.41, 5.74) is 1.60. The van der Waals surface area contributed by atoms with Crippen LogP contribution >= 0.6 is 0 Å². The molecule has 0 unspecified atom stereocenters. The Balaban J connectivity index is 1.78. The van der Waals surface area contributed by atoms with E-state index in [1.165, 1.54) is 31.8 Å². The number of carbonyl (C=O) groups is 1. The van der Waals surface area contributed by atoms with Crippen molar-refractivity contribution in [2.45, 2.75) is 39.0 Å². The van der Waals surface area contributed by atoms with Gasteiger partial charge in [-0.1, -0.05) is 50.8 Å². The number of unbranched alkanes of at least 4 members (excludes halogenated alkanes) is 4. The third-order valence-corrected chi connectivity index (χ3v) is 4.19. The molecule has 144 valence electrons. The molecule has 0 radical (unpaired) electrons. The highest BCUT2D eigenvalue weighted by atomic mass is 16.5. The van der Waals surface area contributed by atoms with Crippen molar-refractivity contribution in [2.24, 2.45) is 0 Å². The van der Waals surface area contributed by atoms with Gasteiger partial charge in [-0.15, -0.1) is 0 Å². The second kappa shape index (κ2) is 11.8. The molecule has 0 heterocycles. The average molecular weight is 367 g/mol. The molecule has 0 aliphatic rings. The van der Waals surface area contributed by atoms with E-state index in [-0.39, 0.29) is 5.91 Å². The van der Waals surface area contributed by atoms with E-state index >= 15 is 0 Å². The lowest BCUT2D eigenvalue weighted by Gasteiger charge is -2.08. The number of nitrogens with one attached hydrogen (secondary N) is 1. The number of ether oxygens (including phenoxy) is 2. The predicted molar refractivity (Wildman–Crippen MR) is 111 cm³/mol. The van der Waals surface area contributed by atoms with Crippen LogP contribution < -0.4 is 14.8 Å². The number of benzene rings is 2. The van der Waals surface area contributed by atoms with Gasteiger partial charge in [0.1, 0.15) is 11.5 Å². The summed E-state index contributed by atoms with van der Waals surface area (Å²) in [5, 5.41) is 2.85. The zero-order chi connectivity index (χ0) is 19.3. The standard InChI is InChI=1S/C23H29NO3/c1-3-4-5-6-9-18-27-21-15-13-20(14-16-21)24-23(25)17-12-19-10-7-8-11-22(19)26-2/h7-8,10-17H,3-6,9,18H2,1-2H3,(H,24,25). The Morgan fingerprint density at radius 2 is 1.74 bits per heavy atom. The number of amides is 1. The number of anilines is 1. The SMILES string of the molecule is CCCCCCCOc1ccc(NC(=O)C=Cc2ccccc2OC)cc1. The predicted octanol–water partition coefficient (Wildman–Crippen LogP) is 5.70. The van der Waals surface area contributed by atoms with Gasteiger partial charge in [-0.2, -0.15) is 0 Å². The minimum atomic E-state index is -0.189. The molecule has 4 heteroatoms. The van der Waals surface area contributed by atoms with Crippen molar-refractivity contribution in [1.29, 1.82) is 0 Å². The van der Waals surface area contributed by atoms with Crippen LogP contribution in [0.3, 0.4) is 0 Å². The highest BCUT2D eigenvalue weighted by molar-refractivity contribution is 6.02. The Labute approximate surface area is 162 Å². The Kier molecular flexibility index (Phi) is 8.98. The molecule has 2 rings (SSSR count). The number of carbonyl (C=O) groups excluding carboxylic acids is 1. The second-order valence-corrected chi connectivity index (χ2v) is 6.35. The highest BCUT2D eigenvalue weighted by Gasteiger charge is 2.01. The lowest BCUT2D eigenvalue weighted by Crippen LogP contribution is -2.07. The van der Waals surface area contributed by atoms with Gasteiger partial charge in [-0.25, -0.2) is 0 Å². The highest BCUT2D eigenvalue weighted by Crippen LogP contribution is 2.19. The van der Waals surface area contributed by atoms with Gasteiger partial charge < -0.3 is 14.8 Å². The van der Waals surface area contributed by atoms with E-state index in [1.54, 1.807) is 13.2 Å². The first-order valence-electron chi connectivity index (χ1n) is 9.58. The molecule has 1 N–H and O–H groups in total. The Morgan fingerprint density at radius 3 is 2.48 bits per heavy atom. The van der Waals surface area contributed by atoms with Crippen molar-refractivity contribution in [1.82, 2.24) is 0 Å². The number of para-hydroxylation sites is 1. The molecule has 0 spiro atoms. The van der Waals surface area contributed by atoms with Crippen LogP contribution in [0.2, 0.25) is 0 Å². The van der Waals surface area contributed by atoms with E-state index < -0.39 is 0 Å². The zero-order valence-electron chi connectivity index (χ0n) is 16.2. The number of hydrogen-bond acceptors (Lipinski definition) is 3. The molecule has 0 aliphatic carbocycles. The molecule has 0 saturated carbocycles. The zero-order valence-corrected chi connectivity index (χ0v) is 16.2. The van der Waals surface area contributed by atoms with Crippen molar-refractivity contribution in [3.8, 4) is 11.5 Å². The molecule has 4 nitrogen and oxygen atoms in total. The molecule has 2 aromatic rings. The molecule has 0 fully saturated rings. The van der Waals surface area contributed by atoms with Crippen molar-refractivity contribution in [2.75, 3.05) is 19.0 Å². The number of methoxy groups -OCH3 is 1. The topological polar surface area (TPSA) is 47.6 Å². The summed E-state index contributed by atoms with van der Waals surface area (Å²) in [6.07, 6.45) is 9.34. The average Bonchev–Trinajstić information content (AvgIpc) is 2.70. The lowest BCUT2D eigenvalue weighted by atomic mass is 10.2. The van der Waals surface area contributed by atoms with Crippen molar-refractivity contribution >= 4 is 17.7 Å². The van der Waals surface area contributed by atoms with E-state index in [1.807, 2.05) is 48.5 Å². The molecule has 2 aromatic carbocycles. The van der Waals surface area contributed by atoms with Gasteiger partial charge in [0, 0.05) is 17.3 Å². The van der Waals surface area contributed by atoms with Gasteiger partial charge >= 0.3 is 0 Å². The fourth-order valence-electron chi connectivity index (χ4n) is 2.68. The van der Waals surface area contributed by atoms with Gasteiger partial charge in [0.15, 0.2) is 0 Å². The fraction of sp³-hybridized carbons (Fsp3) is 0.348. The summed E-state index contributed by atoms with van der Waals surface area (Å²) >= 11 is 0. The maximum atomic E-state index is 12.1. The normalized spacial score (nSPS) is 10.7. The molecule has 0 aromatic heterocycles. The summed E-state index contributed by atoms with van der Waals surface area (Å²) in [6.45, 7) is 2.95. The van der Waals surface area contributed by atoms with Crippen LogP contribution in [0.1, 0.15) is 44.6 Å². The van der Waals surface area contributed by atoms with Crippen molar-refractivity contribution < 1.29 is 14.3 Å². The first-order chi connectivity index (χ1) is 13.2. The molecule has 1 amide bonds. The smallest absolute Gasteiger partial charge is 0.248 e. The third kappa shape index (κ3) is 7.57.